The maximum absolute atomic E-state index is 10.4. The molecule has 0 radical (unpaired) electrons. The van der Waals surface area contributed by atoms with Gasteiger partial charge in [-0.1, -0.05) is 29.8 Å². The van der Waals surface area contributed by atoms with Crippen molar-refractivity contribution < 1.29 is 42.5 Å². The van der Waals surface area contributed by atoms with Crippen LogP contribution in [-0.2, 0) is 15.9 Å². The van der Waals surface area contributed by atoms with Crippen LogP contribution in [0.4, 0.5) is 0 Å². The first kappa shape index (κ1) is 13.1. The van der Waals surface area contributed by atoms with Gasteiger partial charge in [-0.2, -0.15) is 0 Å². The normalized spacial score (nSPS) is 10.6. The van der Waals surface area contributed by atoms with Crippen molar-refractivity contribution in [1.82, 2.24) is 0 Å². The molecule has 0 amide bonds. The number of aryl methyl sites for hydroxylation is 1. The van der Waals surface area contributed by atoms with Crippen LogP contribution in [0.1, 0.15) is 11.1 Å². The third-order valence-electron chi connectivity index (χ3n) is 1.43. The second kappa shape index (κ2) is 5.12. The standard InChI is InChI=1S/C8H10O3S.Na/c1-7-3-2-4-8(5-7)6-12(9,10)11;/h2-5H,6H2,1H3,(H,9,10,11);/q;+1/p-1. The van der Waals surface area contributed by atoms with Crippen LogP contribution in [0, 0.1) is 6.92 Å². The summed E-state index contributed by atoms with van der Waals surface area (Å²) in [6.45, 7) is 1.85. The Morgan fingerprint density at radius 3 is 2.46 bits per heavy atom. The zero-order valence-electron chi connectivity index (χ0n) is 7.65. The van der Waals surface area contributed by atoms with Gasteiger partial charge < -0.3 is 4.55 Å². The average Bonchev–Trinajstić information content (AvgIpc) is 1.82. The Morgan fingerprint density at radius 2 is 2.00 bits per heavy atom. The van der Waals surface area contributed by atoms with Crippen LogP contribution in [0.15, 0.2) is 24.3 Å². The smallest absolute Gasteiger partial charge is 0.748 e. The van der Waals surface area contributed by atoms with Gasteiger partial charge in [-0.3, -0.25) is 0 Å². The van der Waals surface area contributed by atoms with E-state index < -0.39 is 15.9 Å². The van der Waals surface area contributed by atoms with Crippen molar-refractivity contribution in [3.05, 3.63) is 35.4 Å². The minimum Gasteiger partial charge on any atom is -0.748 e. The van der Waals surface area contributed by atoms with Crippen LogP contribution in [-0.4, -0.2) is 13.0 Å². The third-order valence-corrected chi connectivity index (χ3v) is 2.11. The van der Waals surface area contributed by atoms with Gasteiger partial charge in [0.25, 0.3) is 0 Å². The molecule has 0 aliphatic carbocycles. The Labute approximate surface area is 100 Å². The predicted molar refractivity (Wildman–Crippen MR) is 44.6 cm³/mol. The summed E-state index contributed by atoms with van der Waals surface area (Å²) < 4.78 is 31.1. The van der Waals surface area contributed by atoms with Crippen molar-refractivity contribution in [2.45, 2.75) is 12.7 Å². The van der Waals surface area contributed by atoms with Gasteiger partial charge in [-0.15, -0.1) is 0 Å². The Morgan fingerprint density at radius 1 is 1.38 bits per heavy atom. The van der Waals surface area contributed by atoms with Crippen LogP contribution in [0.5, 0.6) is 0 Å². The largest absolute Gasteiger partial charge is 1.00 e. The molecule has 3 nitrogen and oxygen atoms in total. The summed E-state index contributed by atoms with van der Waals surface area (Å²) in [6.07, 6.45) is 0. The number of hydrogen-bond donors (Lipinski definition) is 0. The summed E-state index contributed by atoms with van der Waals surface area (Å²) in [5.74, 6) is -0.422. The Bertz CT molecular complexity index is 373. The van der Waals surface area contributed by atoms with Crippen molar-refractivity contribution in [1.29, 1.82) is 0 Å². The van der Waals surface area contributed by atoms with E-state index in [1.165, 1.54) is 0 Å². The molecule has 5 heteroatoms. The van der Waals surface area contributed by atoms with E-state index in [0.29, 0.717) is 5.56 Å². The maximum atomic E-state index is 10.4. The van der Waals surface area contributed by atoms with E-state index in [1.807, 2.05) is 13.0 Å². The summed E-state index contributed by atoms with van der Waals surface area (Å²) in [7, 11) is -4.14. The fraction of sp³-hybridized carbons (Fsp3) is 0.250. The molecule has 1 aromatic carbocycles. The first-order valence-corrected chi connectivity index (χ1v) is 5.04. The summed E-state index contributed by atoms with van der Waals surface area (Å²) in [5, 5.41) is 0. The molecule has 0 unspecified atom stereocenters. The molecular formula is C8H9NaO3S. The van der Waals surface area contributed by atoms with Gasteiger partial charge in [0.1, 0.15) is 0 Å². The van der Waals surface area contributed by atoms with Gasteiger partial charge in [0.15, 0.2) is 0 Å². The maximum Gasteiger partial charge on any atom is 1.00 e. The third kappa shape index (κ3) is 5.44. The van der Waals surface area contributed by atoms with Crippen molar-refractivity contribution in [2.24, 2.45) is 0 Å². The van der Waals surface area contributed by atoms with Crippen molar-refractivity contribution in [3.8, 4) is 0 Å². The molecule has 1 rings (SSSR count). The molecule has 0 N–H and O–H groups in total. The minimum atomic E-state index is -4.14. The van der Waals surface area contributed by atoms with Crippen LogP contribution in [0.2, 0.25) is 0 Å². The van der Waals surface area contributed by atoms with E-state index in [0.717, 1.165) is 5.56 Å². The Kier molecular flexibility index (Phi) is 5.17. The molecule has 13 heavy (non-hydrogen) atoms. The molecule has 0 fully saturated rings. The average molecular weight is 208 g/mol. The first-order valence-electron chi connectivity index (χ1n) is 3.46. The van der Waals surface area contributed by atoms with E-state index in [2.05, 4.69) is 0 Å². The molecule has 0 saturated carbocycles. The molecule has 0 atom stereocenters. The fourth-order valence-electron chi connectivity index (χ4n) is 1.01. The Balaban J connectivity index is 0.00000144. The summed E-state index contributed by atoms with van der Waals surface area (Å²) in [5.41, 5.74) is 1.50. The first-order chi connectivity index (χ1) is 5.47. The molecule has 0 saturated heterocycles. The van der Waals surface area contributed by atoms with Crippen molar-refractivity contribution >= 4 is 10.1 Å². The van der Waals surface area contributed by atoms with Crippen LogP contribution >= 0.6 is 0 Å². The molecule has 0 aromatic heterocycles. The monoisotopic (exact) mass is 208 g/mol. The topological polar surface area (TPSA) is 57.2 Å². The van der Waals surface area contributed by atoms with E-state index in [1.54, 1.807) is 18.2 Å². The van der Waals surface area contributed by atoms with E-state index in [9.17, 15) is 13.0 Å². The van der Waals surface area contributed by atoms with Gasteiger partial charge in [0.05, 0.1) is 15.9 Å². The van der Waals surface area contributed by atoms with Crippen LogP contribution in [0.25, 0.3) is 0 Å². The van der Waals surface area contributed by atoms with E-state index in [4.69, 9.17) is 0 Å². The minimum absolute atomic E-state index is 0. The van der Waals surface area contributed by atoms with E-state index >= 15 is 0 Å². The zero-order valence-corrected chi connectivity index (χ0v) is 10.5. The predicted octanol–water partition coefficient (Wildman–Crippen LogP) is -1.96. The quantitative estimate of drug-likeness (QED) is 0.419. The summed E-state index contributed by atoms with van der Waals surface area (Å²) >= 11 is 0. The van der Waals surface area contributed by atoms with Crippen molar-refractivity contribution in [2.75, 3.05) is 0 Å². The van der Waals surface area contributed by atoms with Gasteiger partial charge in [0.2, 0.25) is 0 Å². The molecule has 0 bridgehead atoms. The number of hydrogen-bond acceptors (Lipinski definition) is 3. The molecular weight excluding hydrogens is 199 g/mol. The molecule has 0 spiro atoms. The molecule has 0 heterocycles. The second-order valence-electron chi connectivity index (χ2n) is 2.69. The summed E-state index contributed by atoms with van der Waals surface area (Å²) in [4.78, 5) is 0. The van der Waals surface area contributed by atoms with E-state index in [-0.39, 0.29) is 29.6 Å². The summed E-state index contributed by atoms with van der Waals surface area (Å²) in [6, 6.07) is 6.90. The number of benzene rings is 1. The second-order valence-corrected chi connectivity index (χ2v) is 4.10. The SMILES string of the molecule is Cc1cccc(CS(=O)(=O)[O-])c1.[Na+]. The van der Waals surface area contributed by atoms with Gasteiger partial charge >= 0.3 is 29.6 Å². The number of rotatable bonds is 2. The Hall–Kier alpha value is 0.130. The van der Waals surface area contributed by atoms with Crippen molar-refractivity contribution in [3.63, 3.8) is 0 Å². The molecule has 0 aliphatic rings. The molecule has 1 aromatic rings. The molecule has 0 aliphatic heterocycles. The van der Waals surface area contributed by atoms with Gasteiger partial charge in [-0.25, -0.2) is 8.42 Å². The fourth-order valence-corrected chi connectivity index (χ4v) is 1.59. The molecule has 66 valence electrons. The van der Waals surface area contributed by atoms with Gasteiger partial charge in [-0.05, 0) is 12.5 Å². The van der Waals surface area contributed by atoms with Crippen LogP contribution in [0.3, 0.4) is 0 Å². The zero-order chi connectivity index (χ0) is 9.19. The van der Waals surface area contributed by atoms with Gasteiger partial charge in [0, 0.05) is 0 Å². The van der Waals surface area contributed by atoms with Crippen LogP contribution < -0.4 is 29.6 Å².